The Morgan fingerprint density at radius 3 is 2.97 bits per heavy atom. The van der Waals surface area contributed by atoms with Crippen LogP contribution in [0.5, 0.6) is 0 Å². The Bertz CT molecular complexity index is 1120. The third-order valence-corrected chi connectivity index (χ3v) is 9.11. The molecule has 1 saturated heterocycles. The first-order chi connectivity index (χ1) is 14.5. The minimum atomic E-state index is 0.0738. The highest BCUT2D eigenvalue weighted by Gasteiger charge is 2.46. The molecule has 0 bridgehead atoms. The molecule has 0 N–H and O–H groups in total. The number of nitrogens with zero attached hydrogens (tertiary/aromatic N) is 2. The average molecular weight is 437 g/mol. The van der Waals surface area contributed by atoms with E-state index < -0.39 is 0 Å². The van der Waals surface area contributed by atoms with Gasteiger partial charge in [-0.1, -0.05) is 50.2 Å². The summed E-state index contributed by atoms with van der Waals surface area (Å²) in [5.41, 5.74) is 5.50. The minimum absolute atomic E-state index is 0.0738. The molecule has 1 aliphatic heterocycles. The van der Waals surface area contributed by atoms with Crippen LogP contribution in [0.4, 0.5) is 0 Å². The van der Waals surface area contributed by atoms with Crippen molar-refractivity contribution in [3.8, 4) is 0 Å². The summed E-state index contributed by atoms with van der Waals surface area (Å²) >= 11 is 3.58. The van der Waals surface area contributed by atoms with Crippen molar-refractivity contribution >= 4 is 39.2 Å². The highest BCUT2D eigenvalue weighted by atomic mass is 32.2. The molecular weight excluding hydrogens is 408 g/mol. The molecule has 1 amide bonds. The Kier molecular flexibility index (Phi) is 5.14. The van der Waals surface area contributed by atoms with Crippen molar-refractivity contribution in [2.75, 3.05) is 7.05 Å². The molecular formula is C25H28N2OS2. The average Bonchev–Trinajstić information content (AvgIpc) is 3.15. The fourth-order valence-electron chi connectivity index (χ4n) is 5.43. The summed E-state index contributed by atoms with van der Waals surface area (Å²) in [5.74, 6) is 0.298. The third kappa shape index (κ3) is 3.27. The number of benzene rings is 2. The standard InChI is InChI=1S/C25H28N2OS2/c1-4-6-16-7-5-8-20-23(16)26-24(30-20)29-18-10-11-19-17(15-18)9-12-21-25(19,2)14-13-22(28)27(21)3/h5,7-8,10-11,15,21H,4,6,9,12-14H2,1-3H3/t21?,25-/m1/s1. The van der Waals surface area contributed by atoms with Crippen LogP contribution < -0.4 is 0 Å². The van der Waals surface area contributed by atoms with Crippen molar-refractivity contribution in [3.05, 3.63) is 53.1 Å². The summed E-state index contributed by atoms with van der Waals surface area (Å²) in [5, 5.41) is 0. The Labute approximate surface area is 186 Å². The van der Waals surface area contributed by atoms with Crippen LogP contribution in [-0.2, 0) is 23.1 Å². The number of thiazole rings is 1. The predicted molar refractivity (Wildman–Crippen MR) is 126 cm³/mol. The number of para-hydroxylation sites is 1. The maximum Gasteiger partial charge on any atom is 0.222 e. The number of carbonyl (C=O) groups is 1. The molecule has 3 aromatic rings. The lowest BCUT2D eigenvalue weighted by atomic mass is 9.63. The van der Waals surface area contributed by atoms with E-state index in [4.69, 9.17) is 4.98 Å². The van der Waals surface area contributed by atoms with E-state index in [1.165, 1.54) is 31.8 Å². The van der Waals surface area contributed by atoms with Crippen molar-refractivity contribution in [3.63, 3.8) is 0 Å². The maximum absolute atomic E-state index is 12.2. The van der Waals surface area contributed by atoms with Crippen molar-refractivity contribution < 1.29 is 4.79 Å². The van der Waals surface area contributed by atoms with E-state index in [1.807, 2.05) is 11.9 Å². The van der Waals surface area contributed by atoms with Crippen LogP contribution in [0.3, 0.4) is 0 Å². The summed E-state index contributed by atoms with van der Waals surface area (Å²) in [4.78, 5) is 20.5. The van der Waals surface area contributed by atoms with E-state index in [9.17, 15) is 4.79 Å². The van der Waals surface area contributed by atoms with Gasteiger partial charge >= 0.3 is 0 Å². The zero-order valence-electron chi connectivity index (χ0n) is 17.9. The number of fused-ring (bicyclic) bond motifs is 4. The SMILES string of the molecule is CCCc1cccc2sc(Sc3ccc4c(c3)CCC3N(C)C(=O)CC[C@]43C)nc12. The topological polar surface area (TPSA) is 33.2 Å². The molecule has 2 heterocycles. The van der Waals surface area contributed by atoms with Crippen LogP contribution in [0.25, 0.3) is 10.2 Å². The summed E-state index contributed by atoms with van der Waals surface area (Å²) in [6.45, 7) is 4.58. The Morgan fingerprint density at radius 2 is 2.13 bits per heavy atom. The number of aromatic nitrogens is 1. The second-order valence-corrected chi connectivity index (χ2v) is 11.2. The number of hydrogen-bond acceptors (Lipinski definition) is 4. The van der Waals surface area contributed by atoms with Crippen molar-refractivity contribution in [1.29, 1.82) is 0 Å². The lowest BCUT2D eigenvalue weighted by molar-refractivity contribution is -0.138. The molecule has 0 saturated carbocycles. The van der Waals surface area contributed by atoms with Gasteiger partial charge in [0.15, 0.2) is 4.34 Å². The van der Waals surface area contributed by atoms with Gasteiger partial charge < -0.3 is 4.90 Å². The quantitative estimate of drug-likeness (QED) is 0.486. The first-order valence-electron chi connectivity index (χ1n) is 10.9. The van der Waals surface area contributed by atoms with Gasteiger partial charge in [0.2, 0.25) is 5.91 Å². The van der Waals surface area contributed by atoms with Gasteiger partial charge in [0.05, 0.1) is 10.2 Å². The summed E-state index contributed by atoms with van der Waals surface area (Å²) < 4.78 is 2.41. The van der Waals surface area contributed by atoms with Gasteiger partial charge in [-0.25, -0.2) is 4.98 Å². The van der Waals surface area contributed by atoms with Crippen LogP contribution in [0.2, 0.25) is 0 Å². The smallest absolute Gasteiger partial charge is 0.222 e. The number of aryl methyl sites for hydroxylation is 2. The fraction of sp³-hybridized carbons (Fsp3) is 0.440. The number of amides is 1. The van der Waals surface area contributed by atoms with Crippen molar-refractivity contribution in [1.82, 2.24) is 9.88 Å². The molecule has 1 aliphatic carbocycles. The molecule has 30 heavy (non-hydrogen) atoms. The normalized spacial score (nSPS) is 23.5. The molecule has 1 aromatic heterocycles. The van der Waals surface area contributed by atoms with Gasteiger partial charge in [-0.15, -0.1) is 11.3 Å². The lowest BCUT2D eigenvalue weighted by Gasteiger charge is -2.50. The number of rotatable bonds is 4. The zero-order valence-corrected chi connectivity index (χ0v) is 19.5. The van der Waals surface area contributed by atoms with E-state index >= 15 is 0 Å². The first-order valence-corrected chi connectivity index (χ1v) is 12.6. The fourth-order valence-corrected chi connectivity index (χ4v) is 7.57. The molecule has 2 aliphatic rings. The number of likely N-dealkylation sites (tertiary alicyclic amines) is 1. The number of piperidine rings is 1. The lowest BCUT2D eigenvalue weighted by Crippen LogP contribution is -2.56. The second kappa shape index (κ2) is 7.69. The van der Waals surface area contributed by atoms with Gasteiger partial charge in [-0.05, 0) is 60.6 Å². The zero-order chi connectivity index (χ0) is 20.9. The Hall–Kier alpha value is -1.85. The highest BCUT2D eigenvalue weighted by molar-refractivity contribution is 8.01. The highest BCUT2D eigenvalue weighted by Crippen LogP contribution is 2.47. The molecule has 0 spiro atoms. The summed E-state index contributed by atoms with van der Waals surface area (Å²) in [6.07, 6.45) is 5.94. The largest absolute Gasteiger partial charge is 0.342 e. The van der Waals surface area contributed by atoms with E-state index in [-0.39, 0.29) is 5.41 Å². The van der Waals surface area contributed by atoms with E-state index in [1.54, 1.807) is 23.1 Å². The predicted octanol–water partition coefficient (Wildman–Crippen LogP) is 6.22. The number of likely N-dealkylation sites (N-methyl/N-ethyl adjacent to an activating group) is 1. The minimum Gasteiger partial charge on any atom is -0.342 e. The molecule has 1 fully saturated rings. The molecule has 2 atom stereocenters. The molecule has 156 valence electrons. The van der Waals surface area contributed by atoms with Crippen LogP contribution in [0.1, 0.15) is 56.2 Å². The van der Waals surface area contributed by atoms with Crippen LogP contribution >= 0.6 is 23.1 Å². The van der Waals surface area contributed by atoms with Crippen molar-refractivity contribution in [2.45, 2.75) is 73.1 Å². The van der Waals surface area contributed by atoms with E-state index in [0.29, 0.717) is 18.4 Å². The molecule has 5 heteroatoms. The van der Waals surface area contributed by atoms with Gasteiger partial charge in [0, 0.05) is 29.8 Å². The summed E-state index contributed by atoms with van der Waals surface area (Å²) in [7, 11) is 1.99. The number of hydrogen-bond donors (Lipinski definition) is 0. The third-order valence-electron chi connectivity index (χ3n) is 7.04. The van der Waals surface area contributed by atoms with Gasteiger partial charge in [-0.3, -0.25) is 4.79 Å². The number of carbonyl (C=O) groups excluding carboxylic acids is 1. The van der Waals surface area contributed by atoms with Gasteiger partial charge in [0.1, 0.15) is 0 Å². The van der Waals surface area contributed by atoms with Crippen LogP contribution in [-0.4, -0.2) is 28.9 Å². The molecule has 2 aromatic carbocycles. The van der Waals surface area contributed by atoms with Crippen LogP contribution in [0, 0.1) is 0 Å². The first kappa shape index (κ1) is 20.1. The monoisotopic (exact) mass is 436 g/mol. The Balaban J connectivity index is 1.44. The Morgan fingerprint density at radius 1 is 1.27 bits per heavy atom. The molecule has 3 nitrogen and oxygen atoms in total. The van der Waals surface area contributed by atoms with Crippen LogP contribution in [0.15, 0.2) is 45.6 Å². The van der Waals surface area contributed by atoms with Gasteiger partial charge in [-0.2, -0.15) is 0 Å². The molecule has 1 unspecified atom stereocenters. The maximum atomic E-state index is 12.2. The molecule has 5 rings (SSSR count). The second-order valence-electron chi connectivity index (χ2n) is 8.89. The van der Waals surface area contributed by atoms with Gasteiger partial charge in [0.25, 0.3) is 0 Å². The van der Waals surface area contributed by atoms with Crippen molar-refractivity contribution in [2.24, 2.45) is 0 Å². The molecule has 0 radical (unpaired) electrons. The van der Waals surface area contributed by atoms with E-state index in [0.717, 1.165) is 36.4 Å². The van der Waals surface area contributed by atoms with E-state index in [2.05, 4.69) is 50.2 Å². The summed E-state index contributed by atoms with van der Waals surface area (Å²) in [6, 6.07) is 13.8.